The van der Waals surface area contributed by atoms with Crippen molar-refractivity contribution >= 4 is 11.0 Å². The van der Waals surface area contributed by atoms with Gasteiger partial charge in [0.2, 0.25) is 0 Å². The first-order valence-corrected chi connectivity index (χ1v) is 7.53. The SMILES string of the molecule is CCNC(Cc1ccc(C)cc1)c1coc2ccccc12. The van der Waals surface area contributed by atoms with Crippen molar-refractivity contribution in [1.82, 2.24) is 5.32 Å². The van der Waals surface area contributed by atoms with Crippen LogP contribution in [0.4, 0.5) is 0 Å². The molecule has 1 atom stereocenters. The van der Waals surface area contributed by atoms with Crippen LogP contribution in [-0.2, 0) is 6.42 Å². The van der Waals surface area contributed by atoms with Crippen molar-refractivity contribution in [2.75, 3.05) is 6.54 Å². The molecule has 108 valence electrons. The second-order valence-corrected chi connectivity index (χ2v) is 5.49. The summed E-state index contributed by atoms with van der Waals surface area (Å²) in [5.74, 6) is 0. The molecular formula is C19H21NO. The molecule has 0 saturated carbocycles. The number of rotatable bonds is 5. The summed E-state index contributed by atoms with van der Waals surface area (Å²) in [6, 6.07) is 17.3. The standard InChI is InChI=1S/C19H21NO/c1-3-20-18(12-15-10-8-14(2)9-11-15)17-13-21-19-7-5-4-6-16(17)19/h4-11,13,18,20H,3,12H2,1-2H3. The predicted octanol–water partition coefficient (Wildman–Crippen LogP) is 4.63. The van der Waals surface area contributed by atoms with Crippen molar-refractivity contribution < 1.29 is 4.42 Å². The fraction of sp³-hybridized carbons (Fsp3) is 0.263. The predicted molar refractivity (Wildman–Crippen MR) is 87.5 cm³/mol. The van der Waals surface area contributed by atoms with Gasteiger partial charge in [-0.3, -0.25) is 0 Å². The Kier molecular flexibility index (Phi) is 4.07. The summed E-state index contributed by atoms with van der Waals surface area (Å²) in [7, 11) is 0. The average Bonchev–Trinajstić information content (AvgIpc) is 2.93. The Morgan fingerprint density at radius 1 is 1.05 bits per heavy atom. The van der Waals surface area contributed by atoms with Gasteiger partial charge in [-0.15, -0.1) is 0 Å². The van der Waals surface area contributed by atoms with E-state index in [4.69, 9.17) is 4.42 Å². The zero-order valence-electron chi connectivity index (χ0n) is 12.6. The van der Waals surface area contributed by atoms with E-state index in [0.29, 0.717) is 0 Å². The fourth-order valence-corrected chi connectivity index (χ4v) is 2.77. The monoisotopic (exact) mass is 279 g/mol. The number of hydrogen-bond acceptors (Lipinski definition) is 2. The summed E-state index contributed by atoms with van der Waals surface area (Å²) >= 11 is 0. The van der Waals surface area contributed by atoms with Crippen LogP contribution in [0, 0.1) is 6.92 Å². The van der Waals surface area contributed by atoms with Crippen LogP contribution in [0.2, 0.25) is 0 Å². The van der Waals surface area contributed by atoms with E-state index in [0.717, 1.165) is 18.5 Å². The maximum absolute atomic E-state index is 5.69. The Morgan fingerprint density at radius 2 is 1.81 bits per heavy atom. The number of hydrogen-bond donors (Lipinski definition) is 1. The summed E-state index contributed by atoms with van der Waals surface area (Å²) in [4.78, 5) is 0. The third-order valence-electron chi connectivity index (χ3n) is 3.90. The maximum Gasteiger partial charge on any atom is 0.134 e. The van der Waals surface area contributed by atoms with Crippen LogP contribution >= 0.6 is 0 Å². The molecule has 1 N–H and O–H groups in total. The highest BCUT2D eigenvalue weighted by molar-refractivity contribution is 5.81. The number of likely N-dealkylation sites (N-methyl/N-ethyl adjacent to an activating group) is 1. The van der Waals surface area contributed by atoms with Gasteiger partial charge in [0.25, 0.3) is 0 Å². The highest BCUT2D eigenvalue weighted by Crippen LogP contribution is 2.28. The van der Waals surface area contributed by atoms with E-state index in [-0.39, 0.29) is 6.04 Å². The summed E-state index contributed by atoms with van der Waals surface area (Å²) in [5, 5.41) is 4.78. The van der Waals surface area contributed by atoms with Crippen molar-refractivity contribution in [1.29, 1.82) is 0 Å². The van der Waals surface area contributed by atoms with Gasteiger partial charge >= 0.3 is 0 Å². The number of furan rings is 1. The molecule has 0 fully saturated rings. The van der Waals surface area contributed by atoms with Crippen molar-refractivity contribution in [3.63, 3.8) is 0 Å². The number of para-hydroxylation sites is 1. The molecule has 3 aromatic rings. The van der Waals surface area contributed by atoms with Gasteiger partial charge in [0.05, 0.1) is 6.26 Å². The highest BCUT2D eigenvalue weighted by Gasteiger charge is 2.16. The lowest BCUT2D eigenvalue weighted by Crippen LogP contribution is -2.22. The number of fused-ring (bicyclic) bond motifs is 1. The Labute approximate surface area is 125 Å². The van der Waals surface area contributed by atoms with Gasteiger partial charge < -0.3 is 9.73 Å². The van der Waals surface area contributed by atoms with Gasteiger partial charge in [-0.05, 0) is 31.5 Å². The van der Waals surface area contributed by atoms with Gasteiger partial charge in [0, 0.05) is 17.0 Å². The van der Waals surface area contributed by atoms with Crippen LogP contribution in [-0.4, -0.2) is 6.54 Å². The second kappa shape index (κ2) is 6.15. The first-order chi connectivity index (χ1) is 10.3. The summed E-state index contributed by atoms with van der Waals surface area (Å²) in [6.07, 6.45) is 2.86. The van der Waals surface area contributed by atoms with Gasteiger partial charge in [-0.2, -0.15) is 0 Å². The number of benzene rings is 2. The molecule has 0 spiro atoms. The van der Waals surface area contributed by atoms with Crippen LogP contribution in [0.1, 0.15) is 29.7 Å². The van der Waals surface area contributed by atoms with Gasteiger partial charge in [-0.25, -0.2) is 0 Å². The van der Waals surface area contributed by atoms with Gasteiger partial charge in [-0.1, -0.05) is 55.0 Å². The fourth-order valence-electron chi connectivity index (χ4n) is 2.77. The van der Waals surface area contributed by atoms with Gasteiger partial charge in [0.1, 0.15) is 5.58 Å². The van der Waals surface area contributed by atoms with E-state index in [1.54, 1.807) is 0 Å². The largest absolute Gasteiger partial charge is 0.464 e. The lowest BCUT2D eigenvalue weighted by molar-refractivity contribution is 0.535. The minimum atomic E-state index is 0.279. The molecule has 0 radical (unpaired) electrons. The van der Waals surface area contributed by atoms with E-state index in [2.05, 4.69) is 55.6 Å². The Bertz CT molecular complexity index is 712. The Hall–Kier alpha value is -2.06. The summed E-state index contributed by atoms with van der Waals surface area (Å²) in [6.45, 7) is 5.20. The van der Waals surface area contributed by atoms with Crippen molar-refractivity contribution in [2.45, 2.75) is 26.3 Å². The number of aryl methyl sites for hydroxylation is 1. The first kappa shape index (κ1) is 13.9. The van der Waals surface area contributed by atoms with Crippen LogP contribution < -0.4 is 5.32 Å². The smallest absolute Gasteiger partial charge is 0.134 e. The second-order valence-electron chi connectivity index (χ2n) is 5.49. The van der Waals surface area contributed by atoms with E-state index in [1.807, 2.05) is 18.4 Å². The van der Waals surface area contributed by atoms with Crippen molar-refractivity contribution in [3.8, 4) is 0 Å². The molecule has 2 nitrogen and oxygen atoms in total. The molecule has 1 heterocycles. The normalized spacial score (nSPS) is 12.7. The zero-order valence-corrected chi connectivity index (χ0v) is 12.6. The van der Waals surface area contributed by atoms with E-state index in [1.165, 1.54) is 22.1 Å². The van der Waals surface area contributed by atoms with E-state index >= 15 is 0 Å². The minimum absolute atomic E-state index is 0.279. The van der Waals surface area contributed by atoms with E-state index in [9.17, 15) is 0 Å². The molecule has 0 aliphatic carbocycles. The zero-order chi connectivity index (χ0) is 14.7. The van der Waals surface area contributed by atoms with Crippen LogP contribution in [0.5, 0.6) is 0 Å². The summed E-state index contributed by atoms with van der Waals surface area (Å²) in [5.41, 5.74) is 4.84. The highest BCUT2D eigenvalue weighted by atomic mass is 16.3. The molecule has 0 saturated heterocycles. The maximum atomic E-state index is 5.69. The molecule has 0 aliphatic rings. The van der Waals surface area contributed by atoms with Gasteiger partial charge in [0.15, 0.2) is 0 Å². The molecule has 1 unspecified atom stereocenters. The molecule has 2 aromatic carbocycles. The third-order valence-corrected chi connectivity index (χ3v) is 3.90. The van der Waals surface area contributed by atoms with Crippen LogP contribution in [0.15, 0.2) is 59.2 Å². The molecule has 0 amide bonds. The van der Waals surface area contributed by atoms with Crippen molar-refractivity contribution in [2.24, 2.45) is 0 Å². The van der Waals surface area contributed by atoms with Crippen LogP contribution in [0.25, 0.3) is 11.0 Å². The molecule has 2 heteroatoms. The molecule has 1 aromatic heterocycles. The minimum Gasteiger partial charge on any atom is -0.464 e. The molecule has 21 heavy (non-hydrogen) atoms. The Morgan fingerprint density at radius 3 is 2.57 bits per heavy atom. The summed E-state index contributed by atoms with van der Waals surface area (Å²) < 4.78 is 5.69. The first-order valence-electron chi connectivity index (χ1n) is 7.53. The lowest BCUT2D eigenvalue weighted by atomic mass is 9.98. The molecule has 0 bridgehead atoms. The molecule has 0 aliphatic heterocycles. The third kappa shape index (κ3) is 3.01. The Balaban J connectivity index is 1.92. The quantitative estimate of drug-likeness (QED) is 0.736. The van der Waals surface area contributed by atoms with Crippen LogP contribution in [0.3, 0.4) is 0 Å². The average molecular weight is 279 g/mol. The molecular weight excluding hydrogens is 258 g/mol. The lowest BCUT2D eigenvalue weighted by Gasteiger charge is -2.17. The van der Waals surface area contributed by atoms with E-state index < -0.39 is 0 Å². The van der Waals surface area contributed by atoms with Crippen molar-refractivity contribution in [3.05, 3.63) is 71.5 Å². The topological polar surface area (TPSA) is 25.2 Å². The molecule has 3 rings (SSSR count). The number of nitrogens with one attached hydrogen (secondary N) is 1.